The average Bonchev–Trinajstić information content (AvgIpc) is 1.53. The van der Waals surface area contributed by atoms with Gasteiger partial charge in [-0.2, -0.15) is 11.3 Å². The molecule has 0 spiro atoms. The van der Waals surface area contributed by atoms with Crippen molar-refractivity contribution in [2.75, 3.05) is 0 Å². The molecule has 5 unspecified atom stereocenters. The van der Waals surface area contributed by atoms with Crippen LogP contribution in [0.1, 0.15) is 86.4 Å². The van der Waals surface area contributed by atoms with Crippen LogP contribution in [0, 0.1) is 0 Å². The van der Waals surface area contributed by atoms with Crippen LogP contribution in [0.2, 0.25) is 13.1 Å². The molecule has 0 amide bonds. The van der Waals surface area contributed by atoms with E-state index >= 15 is 22.8 Å². The molecule has 15 aromatic carbocycles. The van der Waals surface area contributed by atoms with Crippen molar-refractivity contribution in [1.82, 2.24) is 0 Å². The Bertz CT molecular complexity index is 8450. The second-order valence-electron chi connectivity index (χ2n) is 35.9. The third-order valence-corrected chi connectivity index (χ3v) is 48.5. The maximum Gasteiger partial charge on any atom is 0.243 e. The van der Waals surface area contributed by atoms with Crippen molar-refractivity contribution < 1.29 is 36.1 Å². The molecule has 0 saturated heterocycles. The second kappa shape index (κ2) is 31.6. The van der Waals surface area contributed by atoms with Gasteiger partial charge in [-0.1, -0.05) is 407 Å². The number of allylic oxidation sites excluding steroid dienone is 1. The van der Waals surface area contributed by atoms with Crippen LogP contribution in [0.4, 0.5) is 0 Å². The Morgan fingerprint density at radius 1 is 0.316 bits per heavy atom. The van der Waals surface area contributed by atoms with Crippen LogP contribution in [0.5, 0.6) is 0 Å². The first-order chi connectivity index (χ1) is 65.0. The highest BCUT2D eigenvalue weighted by atomic mass is 32.1. The SMILES string of the molecule is CC1(C)C2=C(c3ccccc31)c1ccccc1P(=O)(c1ccsc1)c1ccccc12.C[Si]1(C)C2=C(c3ccccc31)c1c(ccc3ccccc13)P(=O)(c1ccoc1)c1ccccc12.O=P1(c2ccccc2)C2=C(c3ccccc31)c1ccccc1P(=O)(c1ccccc1)c1ccoc12.O=P1(c2ccoc2)c2ccccc2C2=C(c3ccccc3B2c2ccccc2)c2ccccc21. The minimum atomic E-state index is -3.31. The number of furan rings is 3. The van der Waals surface area contributed by atoms with Crippen molar-refractivity contribution in [1.29, 1.82) is 0 Å². The summed E-state index contributed by atoms with van der Waals surface area (Å²) in [5.74, 6) is 0.465. The zero-order valence-corrected chi connectivity index (χ0v) is 79.3. The first-order valence-electron chi connectivity index (χ1n) is 44.8. The zero-order valence-electron chi connectivity index (χ0n) is 73.1. The van der Waals surface area contributed by atoms with Gasteiger partial charge in [0.05, 0.1) is 40.0 Å². The molecule has 4 aromatic heterocycles. The Kier molecular flexibility index (Phi) is 19.6. The average molecular weight is 1840 g/mol. The third-order valence-electron chi connectivity index (χ3n) is 28.4. The van der Waals surface area contributed by atoms with Gasteiger partial charge in [-0.05, 0) is 140 Å². The van der Waals surface area contributed by atoms with Gasteiger partial charge < -0.3 is 36.1 Å². The van der Waals surface area contributed by atoms with E-state index in [-0.39, 0.29) is 12.1 Å². The van der Waals surface area contributed by atoms with Crippen LogP contribution in [0.25, 0.3) is 54.6 Å². The summed E-state index contributed by atoms with van der Waals surface area (Å²) in [5.41, 5.74) is 22.9. The van der Waals surface area contributed by atoms with E-state index in [1.54, 1.807) is 48.7 Å². The van der Waals surface area contributed by atoms with Crippen molar-refractivity contribution in [2.45, 2.75) is 32.4 Å². The standard InChI is InChI=1S/C30H20BO2P.C30H20O3P2.C30H23O2PSi.C27H21OPS/c32-34(22-18-19-33-20-22)27-16-8-5-13-24(27)29-23-12-4-7-15-26(23)31(21-10-2-1-3-11-21)30(29)25-14-6-9-17-28(25)34;31-34(21-11-3-1-4-12-21)25-17-9-7-15-23(25)28-24-16-8-10-18-26(24)35(32,22-13-5-2-6-14-22)30(28)29-27(34)19-20-33-29;1-34(2)27-14-8-6-12-24(27)29-28-22-10-4-3-9-20(22)15-16-26(28)33(31,21-17-18-32-19-21)25-13-7-5-11-23(25)30(29)34;1-27(2)22-12-6-3-9-19(22)25-20-10-4-7-13-23(20)29(28,18-15-16-30-17-18)24-14-8-5-11-21(24)26(25)27/h1-20H;1-20H;3-19H,1-2H3;3-17H,1-2H3. The highest BCUT2D eigenvalue weighted by molar-refractivity contribution is 7.90. The molecule has 16 heteroatoms. The molecule has 5 atom stereocenters. The normalized spacial score (nSPS) is 20.2. The number of rotatable bonds is 6. The number of fused-ring (bicyclic) bond motifs is 26. The van der Waals surface area contributed by atoms with Crippen LogP contribution in [0.15, 0.2) is 450 Å². The Morgan fingerprint density at radius 2 is 0.752 bits per heavy atom. The van der Waals surface area contributed by atoms with E-state index < -0.39 is 43.8 Å². The number of benzene rings is 15. The van der Waals surface area contributed by atoms with Crippen molar-refractivity contribution in [3.05, 3.63) is 509 Å². The topological polar surface area (TPSA) is 125 Å². The molecule has 0 saturated carbocycles. The van der Waals surface area contributed by atoms with Gasteiger partial charge in [-0.15, -0.1) is 0 Å². The van der Waals surface area contributed by atoms with Gasteiger partial charge in [0.15, 0.2) is 35.7 Å². The molecular formula is C117H84BO8P5SSi. The molecule has 1 aliphatic carbocycles. The highest BCUT2D eigenvalue weighted by Gasteiger charge is 2.54. The molecule has 638 valence electrons. The first-order valence-corrected chi connectivity index (χ1v) is 57.3. The van der Waals surface area contributed by atoms with E-state index in [1.807, 2.05) is 175 Å². The van der Waals surface area contributed by atoms with Crippen LogP contribution < -0.4 is 90.4 Å². The molecule has 7 aliphatic heterocycles. The van der Waals surface area contributed by atoms with Gasteiger partial charge in [-0.3, -0.25) is 0 Å². The van der Waals surface area contributed by atoms with Crippen molar-refractivity contribution in [3.8, 4) is 0 Å². The lowest BCUT2D eigenvalue weighted by Crippen LogP contribution is -2.42. The summed E-state index contributed by atoms with van der Waals surface area (Å²) in [4.78, 5) is 0. The van der Waals surface area contributed by atoms with Crippen LogP contribution in [-0.4, -0.2) is 14.8 Å². The van der Waals surface area contributed by atoms with Crippen molar-refractivity contribution in [3.63, 3.8) is 0 Å². The van der Waals surface area contributed by atoms with E-state index in [0.29, 0.717) is 16.4 Å². The molecule has 0 bridgehead atoms. The number of hydrogen-bond donors (Lipinski definition) is 0. The monoisotopic (exact) mass is 1840 g/mol. The van der Waals surface area contributed by atoms with E-state index in [9.17, 15) is 0 Å². The Balaban J connectivity index is 0.0000000977. The van der Waals surface area contributed by atoms with Crippen LogP contribution in [0.3, 0.4) is 0 Å². The second-order valence-corrected chi connectivity index (χ2v) is 54.4. The highest BCUT2D eigenvalue weighted by Crippen LogP contribution is 2.69. The van der Waals surface area contributed by atoms with Gasteiger partial charge in [0, 0.05) is 80.3 Å². The van der Waals surface area contributed by atoms with Gasteiger partial charge in [0.1, 0.15) is 26.4 Å². The van der Waals surface area contributed by atoms with Gasteiger partial charge in [-0.25, -0.2) is 0 Å². The first kappa shape index (κ1) is 82.6. The number of hydrogen-bond acceptors (Lipinski definition) is 9. The summed E-state index contributed by atoms with van der Waals surface area (Å²) in [6, 6.07) is 134. The fourth-order valence-electron chi connectivity index (χ4n) is 22.8. The lowest BCUT2D eigenvalue weighted by atomic mass is 9.37. The molecule has 19 aromatic rings. The molecule has 8 aliphatic rings. The summed E-state index contributed by atoms with van der Waals surface area (Å²) in [6.07, 6.45) is 8.15. The van der Waals surface area contributed by atoms with Gasteiger partial charge in [0.2, 0.25) is 6.71 Å². The minimum absolute atomic E-state index is 0.0671. The van der Waals surface area contributed by atoms with E-state index in [2.05, 4.69) is 251 Å². The fraction of sp³-hybridized carbons (Fsp3) is 0.0427. The lowest BCUT2D eigenvalue weighted by Gasteiger charge is -2.28. The smallest absolute Gasteiger partial charge is 0.243 e. The summed E-state index contributed by atoms with van der Waals surface area (Å²) < 4.78 is 93.6. The molecule has 133 heavy (non-hydrogen) atoms. The maximum absolute atomic E-state index is 15.5. The molecule has 0 fully saturated rings. The molecule has 8 nitrogen and oxygen atoms in total. The minimum Gasteiger partial charge on any atom is -0.472 e. The lowest BCUT2D eigenvalue weighted by molar-refractivity contribution is 0.554. The van der Waals surface area contributed by atoms with E-state index in [1.165, 1.54) is 76.7 Å². The predicted octanol–water partition coefficient (Wildman–Crippen LogP) is 21.6. The van der Waals surface area contributed by atoms with Gasteiger partial charge >= 0.3 is 0 Å². The van der Waals surface area contributed by atoms with Gasteiger partial charge in [0.25, 0.3) is 0 Å². The summed E-state index contributed by atoms with van der Waals surface area (Å²) in [6.45, 7) is 9.54. The zero-order chi connectivity index (χ0) is 89.9. The summed E-state index contributed by atoms with van der Waals surface area (Å²) in [7, 11) is -18.0. The molecular weight excluding hydrogens is 1760 g/mol. The van der Waals surface area contributed by atoms with Crippen LogP contribution >= 0.6 is 47.0 Å². The predicted molar refractivity (Wildman–Crippen MR) is 560 cm³/mol. The Hall–Kier alpha value is -13.5. The molecule has 0 radical (unpaired) electrons. The quantitative estimate of drug-likeness (QED) is 0.119. The summed E-state index contributed by atoms with van der Waals surface area (Å²) >= 11 is 1.61. The summed E-state index contributed by atoms with van der Waals surface area (Å²) in [5, 5.41) is 21.4. The Morgan fingerprint density at radius 3 is 1.34 bits per heavy atom. The molecule has 11 heterocycles. The van der Waals surface area contributed by atoms with E-state index in [0.717, 1.165) is 124 Å². The maximum atomic E-state index is 15.5. The fourth-order valence-corrected chi connectivity index (χ4v) is 42.6. The largest absolute Gasteiger partial charge is 0.472 e. The van der Waals surface area contributed by atoms with E-state index in [4.69, 9.17) is 13.3 Å². The Labute approximate surface area is 778 Å². The van der Waals surface area contributed by atoms with Crippen molar-refractivity contribution in [2.24, 2.45) is 0 Å². The molecule has 0 N–H and O–H groups in total. The number of thiophene rings is 1. The third kappa shape index (κ3) is 12.0. The van der Waals surface area contributed by atoms with Crippen molar-refractivity contribution >= 4 is 207 Å². The molecule has 27 rings (SSSR count). The van der Waals surface area contributed by atoms with Crippen LogP contribution in [-0.2, 0) is 28.2 Å².